The zero-order chi connectivity index (χ0) is 45.3. The van der Waals surface area contributed by atoms with Crippen LogP contribution in [0, 0.1) is 0 Å². The number of alkyl halides is 6. The number of carboxylic acid groups (broad SMARTS) is 2. The van der Waals surface area contributed by atoms with Crippen molar-refractivity contribution in [3.63, 3.8) is 0 Å². The molecule has 0 aliphatic heterocycles. The molecule has 328 valence electrons. The Labute approximate surface area is 333 Å². The van der Waals surface area contributed by atoms with Crippen LogP contribution in [0.2, 0.25) is 0 Å². The van der Waals surface area contributed by atoms with E-state index in [0.29, 0.717) is 21.8 Å². The van der Waals surface area contributed by atoms with Gasteiger partial charge in [-0.2, -0.15) is 26.3 Å². The molecule has 6 rings (SSSR count). The average Bonchev–Trinajstić information content (AvgIpc) is 3.16. The van der Waals surface area contributed by atoms with Gasteiger partial charge in [0, 0.05) is 22.9 Å². The molecule has 8 N–H and O–H groups in total. The van der Waals surface area contributed by atoms with Gasteiger partial charge in [-0.05, 0) is 38.1 Å². The summed E-state index contributed by atoms with van der Waals surface area (Å²) in [6.45, 7) is 3.65. The maximum atomic E-state index is 12.1. The predicted octanol–water partition coefficient (Wildman–Crippen LogP) is 3.17. The van der Waals surface area contributed by atoms with Gasteiger partial charge in [-0.15, -0.1) is 0 Å². The molecule has 0 fully saturated rings. The molecule has 0 radical (unpaired) electrons. The number of benzene rings is 2. The molecule has 0 spiro atoms. The smallest absolute Gasteiger partial charge is 0.490 e. The number of aliphatic carboxylic acids is 2. The molecule has 0 saturated heterocycles. The molecule has 0 aliphatic carbocycles. The zero-order valence-corrected chi connectivity index (χ0v) is 31.3. The minimum absolute atomic E-state index is 0. The van der Waals surface area contributed by atoms with Crippen LogP contribution in [0.5, 0.6) is 23.0 Å². The first-order chi connectivity index (χ1) is 27.9. The molecule has 0 amide bonds. The number of esters is 2. The Balaban J connectivity index is 0.000000318. The number of nitrogens with zero attached hydrogens (tertiary/aromatic N) is 4. The number of fused-ring (bicyclic) bond motifs is 4. The summed E-state index contributed by atoms with van der Waals surface area (Å²) >= 11 is 0. The van der Waals surface area contributed by atoms with Gasteiger partial charge in [0.25, 0.3) is 11.1 Å². The summed E-state index contributed by atoms with van der Waals surface area (Å²) in [6, 6.07) is 9.02. The first-order valence-electron chi connectivity index (χ1n) is 16.1. The summed E-state index contributed by atoms with van der Waals surface area (Å²) < 4.78 is 83.2. The summed E-state index contributed by atoms with van der Waals surface area (Å²) in [6.07, 6.45) is -10.2. The molecule has 0 aliphatic rings. The van der Waals surface area contributed by atoms with Crippen molar-refractivity contribution >= 4 is 67.7 Å². The molecule has 27 heteroatoms. The normalized spacial score (nSPS) is 10.8. The largest absolute Gasteiger partial charge is 0.504 e. The first-order valence-corrected chi connectivity index (χ1v) is 16.1. The fraction of sp³-hybridized carbons (Fsp3) is 0.235. The van der Waals surface area contributed by atoms with Crippen LogP contribution in [0.4, 0.5) is 26.3 Å². The van der Waals surface area contributed by atoms with Crippen LogP contribution in [-0.4, -0.2) is 119 Å². The monoisotopic (exact) mass is 876 g/mol. The average molecular weight is 877 g/mol. The van der Waals surface area contributed by atoms with E-state index in [9.17, 15) is 55.7 Å². The third-order valence-corrected chi connectivity index (χ3v) is 7.00. The van der Waals surface area contributed by atoms with Gasteiger partial charge in [-0.3, -0.25) is 9.59 Å². The van der Waals surface area contributed by atoms with E-state index in [4.69, 9.17) is 38.7 Å². The Kier molecular flexibility index (Phi) is 16.3. The van der Waals surface area contributed by atoms with Gasteiger partial charge in [0.15, 0.2) is 34.3 Å². The van der Waals surface area contributed by atoms with Gasteiger partial charge >= 0.3 is 36.2 Å². The molecule has 0 saturated carbocycles. The number of rotatable bonds is 6. The highest BCUT2D eigenvalue weighted by Crippen LogP contribution is 2.32. The second-order valence-electron chi connectivity index (χ2n) is 11.0. The Morgan fingerprint density at radius 3 is 1.18 bits per heavy atom. The molecule has 0 atom stereocenters. The number of hydrogen-bond acceptors (Lipinski definition) is 16. The SMILES string of the molecule is CCOC(=O)c1nc2nc3cc(OC)c(O)cc3cc2c(=O)[nH]1.CCOC(=O)c1nc2nc3cc(OC)c(O)cc3cc2c(=O)[nH]1.O.O=C(O)C(F)(F)F.O=C(O)C(F)(F)F. The zero-order valence-electron chi connectivity index (χ0n) is 31.3. The van der Waals surface area contributed by atoms with Gasteiger partial charge < -0.3 is 54.8 Å². The van der Waals surface area contributed by atoms with Crippen molar-refractivity contribution < 1.29 is 90.4 Å². The van der Waals surface area contributed by atoms with E-state index in [1.165, 1.54) is 50.6 Å². The van der Waals surface area contributed by atoms with Crippen molar-refractivity contribution in [2.45, 2.75) is 26.2 Å². The molecule has 6 aromatic rings. The highest BCUT2D eigenvalue weighted by atomic mass is 19.4. The van der Waals surface area contributed by atoms with E-state index < -0.39 is 47.3 Å². The van der Waals surface area contributed by atoms with Crippen LogP contribution in [0.15, 0.2) is 46.0 Å². The highest BCUT2D eigenvalue weighted by molar-refractivity contribution is 5.95. The lowest BCUT2D eigenvalue weighted by Gasteiger charge is -2.07. The minimum atomic E-state index is -5.08. The fourth-order valence-corrected chi connectivity index (χ4v) is 4.40. The summed E-state index contributed by atoms with van der Waals surface area (Å²) in [4.78, 5) is 86.8. The third-order valence-electron chi connectivity index (χ3n) is 7.00. The third kappa shape index (κ3) is 12.6. The number of carbonyl (C=O) groups is 4. The number of methoxy groups -OCH3 is 2. The molecule has 0 bridgehead atoms. The van der Waals surface area contributed by atoms with E-state index in [2.05, 4.69) is 29.9 Å². The van der Waals surface area contributed by atoms with Crippen molar-refractivity contribution in [2.75, 3.05) is 27.4 Å². The van der Waals surface area contributed by atoms with Crippen molar-refractivity contribution in [1.29, 1.82) is 0 Å². The van der Waals surface area contributed by atoms with E-state index in [1.807, 2.05) is 0 Å². The Morgan fingerprint density at radius 1 is 0.607 bits per heavy atom. The predicted molar refractivity (Wildman–Crippen MR) is 195 cm³/mol. The lowest BCUT2D eigenvalue weighted by Crippen LogP contribution is -2.21. The quantitative estimate of drug-likeness (QED) is 0.0795. The second-order valence-corrected chi connectivity index (χ2v) is 11.0. The molecular formula is C34H30F6N6O15. The number of pyridine rings is 2. The van der Waals surface area contributed by atoms with Gasteiger partial charge in [0.1, 0.15) is 0 Å². The molecular weight excluding hydrogens is 846 g/mol. The van der Waals surface area contributed by atoms with E-state index in [1.54, 1.807) is 13.8 Å². The number of aromatic nitrogens is 6. The number of hydrogen-bond donors (Lipinski definition) is 6. The molecule has 0 unspecified atom stereocenters. The van der Waals surface area contributed by atoms with Crippen molar-refractivity contribution in [2.24, 2.45) is 0 Å². The van der Waals surface area contributed by atoms with Crippen LogP contribution < -0.4 is 20.6 Å². The van der Waals surface area contributed by atoms with Gasteiger partial charge in [-0.25, -0.2) is 39.1 Å². The number of carbonyl (C=O) groups excluding carboxylic acids is 2. The number of phenolic OH excluding ortho intramolecular Hbond substituents is 2. The molecule has 2 aromatic carbocycles. The lowest BCUT2D eigenvalue weighted by atomic mass is 10.1. The fourth-order valence-electron chi connectivity index (χ4n) is 4.40. The number of nitrogens with one attached hydrogen (secondary N) is 2. The van der Waals surface area contributed by atoms with Crippen LogP contribution in [0.25, 0.3) is 43.9 Å². The van der Waals surface area contributed by atoms with Crippen LogP contribution in [-0.2, 0) is 19.1 Å². The summed E-state index contributed by atoms with van der Waals surface area (Å²) in [5, 5.41) is 35.4. The van der Waals surface area contributed by atoms with Crippen molar-refractivity contribution in [1.82, 2.24) is 29.9 Å². The molecule has 4 heterocycles. The number of ether oxygens (including phenoxy) is 4. The van der Waals surface area contributed by atoms with E-state index in [0.717, 1.165) is 0 Å². The van der Waals surface area contributed by atoms with Crippen LogP contribution >= 0.6 is 0 Å². The number of aromatic hydroxyl groups is 2. The standard InChI is InChI=1S/2C15H13N3O5.2C2HF3O2.H2O/c2*1-3-23-15(21)13-17-12-8(14(20)18-13)4-7-5-10(19)11(22-2)6-9(7)16-12;2*3-2(4,5)1(6)7;/h2*4-6,19H,3H2,1-2H3,(H,16,17,18,20);2*(H,6,7);1H2. The molecule has 21 nitrogen and oxygen atoms in total. The number of carboxylic acids is 2. The molecule has 4 aromatic heterocycles. The molecule has 61 heavy (non-hydrogen) atoms. The Bertz CT molecular complexity index is 2540. The summed E-state index contributed by atoms with van der Waals surface area (Å²) in [5.74, 6) is -7.00. The van der Waals surface area contributed by atoms with Gasteiger partial charge in [-0.1, -0.05) is 0 Å². The Morgan fingerprint density at radius 2 is 0.918 bits per heavy atom. The van der Waals surface area contributed by atoms with Gasteiger partial charge in [0.2, 0.25) is 11.6 Å². The maximum Gasteiger partial charge on any atom is 0.490 e. The number of aromatic amines is 2. The lowest BCUT2D eigenvalue weighted by molar-refractivity contribution is -0.193. The van der Waals surface area contributed by atoms with Crippen molar-refractivity contribution in [3.05, 3.63) is 68.8 Å². The van der Waals surface area contributed by atoms with Gasteiger partial charge in [0.05, 0.1) is 49.2 Å². The number of H-pyrrole nitrogens is 2. The second kappa shape index (κ2) is 20.2. The highest BCUT2D eigenvalue weighted by Gasteiger charge is 2.39. The first kappa shape index (κ1) is 49.3. The summed E-state index contributed by atoms with van der Waals surface area (Å²) in [5.41, 5.74) is 0.139. The van der Waals surface area contributed by atoms with Crippen molar-refractivity contribution in [3.8, 4) is 23.0 Å². The maximum absolute atomic E-state index is 12.1. The van der Waals surface area contributed by atoms with E-state index in [-0.39, 0.29) is 75.4 Å². The Hall–Kier alpha value is -7.84. The number of halogens is 6. The topological polar surface area (TPSA) is 335 Å². The van der Waals surface area contributed by atoms with Crippen LogP contribution in [0.3, 0.4) is 0 Å². The minimum Gasteiger partial charge on any atom is -0.504 e. The summed E-state index contributed by atoms with van der Waals surface area (Å²) in [7, 11) is 2.84. The number of phenols is 2. The van der Waals surface area contributed by atoms with Crippen LogP contribution in [0.1, 0.15) is 35.1 Å². The van der Waals surface area contributed by atoms with E-state index >= 15 is 0 Å².